The van der Waals surface area contributed by atoms with Gasteiger partial charge in [-0.15, -0.1) is 0 Å². The summed E-state index contributed by atoms with van der Waals surface area (Å²) in [5, 5.41) is 2.87. The van der Waals surface area contributed by atoms with Crippen molar-refractivity contribution in [2.45, 2.75) is 26.2 Å². The third-order valence-corrected chi connectivity index (χ3v) is 5.18. The molecular weight excluding hydrogens is 362 g/mol. The van der Waals surface area contributed by atoms with Gasteiger partial charge in [0.05, 0.1) is 0 Å². The molecule has 2 heterocycles. The molecule has 0 unspecified atom stereocenters. The molecule has 3 rings (SSSR count). The Hall–Kier alpha value is -2.70. The lowest BCUT2D eigenvalue weighted by Crippen LogP contribution is -2.41. The van der Waals surface area contributed by atoms with Gasteiger partial charge in [-0.05, 0) is 56.4 Å². The molecule has 2 aromatic rings. The number of urea groups is 1. The summed E-state index contributed by atoms with van der Waals surface area (Å²) in [6.07, 6.45) is 3.44. The first kappa shape index (κ1) is 20.0. The van der Waals surface area contributed by atoms with E-state index in [1.807, 2.05) is 13.0 Å². The van der Waals surface area contributed by atoms with Gasteiger partial charge in [0, 0.05) is 56.0 Å². The summed E-state index contributed by atoms with van der Waals surface area (Å²) in [5.41, 5.74) is 2.20. The molecule has 0 radical (unpaired) electrons. The average molecular weight is 388 g/mol. The van der Waals surface area contributed by atoms with Crippen LogP contribution in [0.25, 0.3) is 0 Å². The van der Waals surface area contributed by atoms with E-state index in [-0.39, 0.29) is 17.5 Å². The summed E-state index contributed by atoms with van der Waals surface area (Å²) in [5.74, 6) is -0.852. The zero-order chi connectivity index (χ0) is 20.3. The minimum Gasteiger partial charge on any atom is -0.377 e. The van der Waals surface area contributed by atoms with Crippen molar-refractivity contribution in [3.8, 4) is 0 Å². The van der Waals surface area contributed by atoms with E-state index in [0.29, 0.717) is 30.9 Å². The highest BCUT2D eigenvalue weighted by atomic mass is 19.1. The van der Waals surface area contributed by atoms with E-state index in [1.54, 1.807) is 36.2 Å². The molecule has 1 aliphatic rings. The summed E-state index contributed by atoms with van der Waals surface area (Å²) >= 11 is 0. The number of halogens is 2. The zero-order valence-corrected chi connectivity index (χ0v) is 16.5. The van der Waals surface area contributed by atoms with Crippen LogP contribution in [0.15, 0.2) is 30.5 Å². The van der Waals surface area contributed by atoms with Crippen molar-refractivity contribution < 1.29 is 13.6 Å². The lowest BCUT2D eigenvalue weighted by atomic mass is 9.89. The molecular formula is C21H26F2N4O. The van der Waals surface area contributed by atoms with E-state index in [0.717, 1.165) is 18.5 Å². The third kappa shape index (κ3) is 4.77. The minimum absolute atomic E-state index is 0.140. The number of likely N-dealkylation sites (tertiary alicyclic amines) is 1. The molecule has 2 amide bonds. The van der Waals surface area contributed by atoms with Gasteiger partial charge in [0.2, 0.25) is 0 Å². The molecule has 0 spiro atoms. The molecule has 28 heavy (non-hydrogen) atoms. The average Bonchev–Trinajstić information content (AvgIpc) is 2.65. The smallest absolute Gasteiger partial charge is 0.321 e. The van der Waals surface area contributed by atoms with Crippen LogP contribution in [0, 0.1) is 24.5 Å². The van der Waals surface area contributed by atoms with Gasteiger partial charge in [0.25, 0.3) is 0 Å². The quantitative estimate of drug-likeness (QED) is 0.853. The number of amides is 2. The zero-order valence-electron chi connectivity index (χ0n) is 16.5. The van der Waals surface area contributed by atoms with E-state index >= 15 is 0 Å². The lowest BCUT2D eigenvalue weighted by molar-refractivity contribution is 0.182. The molecule has 1 aliphatic heterocycles. The van der Waals surface area contributed by atoms with Crippen LogP contribution in [-0.2, 0) is 6.42 Å². The predicted octanol–water partition coefficient (Wildman–Crippen LogP) is 4.22. The number of hydrogen-bond donors (Lipinski definition) is 1. The maximum Gasteiger partial charge on any atom is 0.321 e. The third-order valence-electron chi connectivity index (χ3n) is 5.18. The highest BCUT2D eigenvalue weighted by molar-refractivity contribution is 5.89. The van der Waals surface area contributed by atoms with Crippen LogP contribution in [-0.4, -0.2) is 43.1 Å². The van der Waals surface area contributed by atoms with Gasteiger partial charge in [-0.1, -0.05) is 0 Å². The SMILES string of the molecule is Cc1cc(NC(=O)N2CCC(Cc3c(F)cc(N(C)C)cc3F)CC2)ccn1. The number of carbonyl (C=O) groups is 1. The highest BCUT2D eigenvalue weighted by Gasteiger charge is 2.25. The summed E-state index contributed by atoms with van der Waals surface area (Å²) in [7, 11) is 3.50. The van der Waals surface area contributed by atoms with Crippen LogP contribution in [0.4, 0.5) is 25.0 Å². The number of aryl methyl sites for hydroxylation is 1. The van der Waals surface area contributed by atoms with Crippen molar-refractivity contribution in [1.82, 2.24) is 9.88 Å². The standard InChI is InChI=1S/C21H26F2N4O/c1-14-10-16(4-7-24-14)25-21(28)27-8-5-15(6-9-27)11-18-19(22)12-17(26(2)3)13-20(18)23/h4,7,10,12-13,15H,5-6,8-9,11H2,1-3H3,(H,24,25,28). The molecule has 150 valence electrons. The lowest BCUT2D eigenvalue weighted by Gasteiger charge is -2.32. The van der Waals surface area contributed by atoms with Crippen LogP contribution in [0.2, 0.25) is 0 Å². The number of pyridine rings is 1. The van der Waals surface area contributed by atoms with Crippen molar-refractivity contribution >= 4 is 17.4 Å². The normalized spacial score (nSPS) is 14.8. The highest BCUT2D eigenvalue weighted by Crippen LogP contribution is 2.27. The second-order valence-electron chi connectivity index (χ2n) is 7.53. The van der Waals surface area contributed by atoms with Gasteiger partial charge in [-0.2, -0.15) is 0 Å². The monoisotopic (exact) mass is 388 g/mol. The topological polar surface area (TPSA) is 48.5 Å². The fourth-order valence-corrected chi connectivity index (χ4v) is 3.50. The fourth-order valence-electron chi connectivity index (χ4n) is 3.50. The molecule has 1 aromatic carbocycles. The van der Waals surface area contributed by atoms with Crippen LogP contribution >= 0.6 is 0 Å². The molecule has 7 heteroatoms. The number of nitrogens with zero attached hydrogens (tertiary/aromatic N) is 3. The second-order valence-corrected chi connectivity index (χ2v) is 7.53. The number of nitrogens with one attached hydrogen (secondary N) is 1. The van der Waals surface area contributed by atoms with Crippen LogP contribution in [0.5, 0.6) is 0 Å². The summed E-state index contributed by atoms with van der Waals surface area (Å²) in [6, 6.07) is 6.15. The second kappa shape index (κ2) is 8.54. The maximum atomic E-state index is 14.4. The number of hydrogen-bond acceptors (Lipinski definition) is 3. The Bertz CT molecular complexity index is 825. The van der Waals surface area contributed by atoms with Gasteiger partial charge < -0.3 is 15.1 Å². The Kier molecular flexibility index (Phi) is 6.11. The summed E-state index contributed by atoms with van der Waals surface area (Å²) in [6.45, 7) is 3.00. The Labute approximate surface area is 164 Å². The largest absolute Gasteiger partial charge is 0.377 e. The predicted molar refractivity (Wildman–Crippen MR) is 107 cm³/mol. The van der Waals surface area contributed by atoms with Gasteiger partial charge in [0.1, 0.15) is 11.6 Å². The van der Waals surface area contributed by atoms with E-state index in [9.17, 15) is 13.6 Å². The van der Waals surface area contributed by atoms with E-state index in [2.05, 4.69) is 10.3 Å². The summed E-state index contributed by atoms with van der Waals surface area (Å²) < 4.78 is 28.7. The van der Waals surface area contributed by atoms with Gasteiger partial charge in [0.15, 0.2) is 0 Å². The fraction of sp³-hybridized carbons (Fsp3) is 0.429. The molecule has 0 atom stereocenters. The van der Waals surface area contributed by atoms with Crippen molar-refractivity contribution in [2.75, 3.05) is 37.4 Å². The molecule has 1 saturated heterocycles. The first-order valence-corrected chi connectivity index (χ1v) is 9.47. The van der Waals surface area contributed by atoms with Crippen molar-refractivity contribution in [1.29, 1.82) is 0 Å². The molecule has 1 N–H and O–H groups in total. The van der Waals surface area contributed by atoms with E-state index in [1.165, 1.54) is 12.1 Å². The number of rotatable bonds is 4. The number of benzene rings is 1. The van der Waals surface area contributed by atoms with Crippen LogP contribution in [0.1, 0.15) is 24.1 Å². The number of aromatic nitrogens is 1. The Morgan fingerprint density at radius 2 is 1.86 bits per heavy atom. The van der Waals surface area contributed by atoms with E-state index in [4.69, 9.17) is 0 Å². The molecule has 1 fully saturated rings. The Morgan fingerprint density at radius 1 is 1.21 bits per heavy atom. The Morgan fingerprint density at radius 3 is 2.43 bits per heavy atom. The maximum absolute atomic E-state index is 14.4. The van der Waals surface area contributed by atoms with Crippen LogP contribution in [0.3, 0.4) is 0 Å². The molecule has 1 aromatic heterocycles. The van der Waals surface area contributed by atoms with Gasteiger partial charge in [-0.25, -0.2) is 13.6 Å². The molecule has 0 saturated carbocycles. The van der Waals surface area contributed by atoms with Crippen molar-refractivity contribution in [3.05, 3.63) is 53.4 Å². The molecule has 0 aliphatic carbocycles. The van der Waals surface area contributed by atoms with Gasteiger partial charge >= 0.3 is 6.03 Å². The number of carbonyl (C=O) groups excluding carboxylic acids is 1. The van der Waals surface area contributed by atoms with Gasteiger partial charge in [-0.3, -0.25) is 4.98 Å². The Balaban J connectivity index is 1.56. The summed E-state index contributed by atoms with van der Waals surface area (Å²) in [4.78, 5) is 20.0. The molecule has 5 nitrogen and oxygen atoms in total. The first-order valence-electron chi connectivity index (χ1n) is 9.47. The number of piperidine rings is 1. The van der Waals surface area contributed by atoms with Crippen molar-refractivity contribution in [2.24, 2.45) is 5.92 Å². The van der Waals surface area contributed by atoms with Crippen LogP contribution < -0.4 is 10.2 Å². The molecule has 0 bridgehead atoms. The minimum atomic E-state index is -0.503. The van der Waals surface area contributed by atoms with Crippen molar-refractivity contribution in [3.63, 3.8) is 0 Å². The first-order chi connectivity index (χ1) is 13.3. The number of anilines is 2. The van der Waals surface area contributed by atoms with E-state index < -0.39 is 11.6 Å².